The average Bonchev–Trinajstić information content (AvgIpc) is 2.84. The quantitative estimate of drug-likeness (QED) is 0.847. The molecule has 1 amide bonds. The van der Waals surface area contributed by atoms with E-state index < -0.39 is 6.04 Å². The summed E-state index contributed by atoms with van der Waals surface area (Å²) >= 11 is 5.89. The second kappa shape index (κ2) is 7.63. The van der Waals surface area contributed by atoms with Gasteiger partial charge in [0.15, 0.2) is 0 Å². The van der Waals surface area contributed by atoms with E-state index in [4.69, 9.17) is 16.3 Å². The molecule has 0 aromatic heterocycles. The van der Waals surface area contributed by atoms with Gasteiger partial charge < -0.3 is 10.1 Å². The minimum Gasteiger partial charge on any atom is -0.461 e. The normalized spacial score (nSPS) is 22.1. The number of benzene rings is 1. The molecule has 22 heavy (non-hydrogen) atoms. The summed E-state index contributed by atoms with van der Waals surface area (Å²) in [7, 11) is 0. The molecular weight excluding hydrogens is 302 g/mol. The van der Waals surface area contributed by atoms with E-state index in [1.807, 2.05) is 6.07 Å². The highest BCUT2D eigenvalue weighted by molar-refractivity contribution is 6.30. The zero-order valence-electron chi connectivity index (χ0n) is 13.0. The van der Waals surface area contributed by atoms with Crippen molar-refractivity contribution in [3.8, 4) is 0 Å². The Hall–Kier alpha value is -1.55. The molecule has 0 bridgehead atoms. The number of esters is 1. The third-order valence-corrected chi connectivity index (χ3v) is 4.27. The van der Waals surface area contributed by atoms with E-state index in [0.717, 1.165) is 24.8 Å². The largest absolute Gasteiger partial charge is 0.461 e. The molecule has 1 aromatic carbocycles. The zero-order chi connectivity index (χ0) is 16.1. The number of carbonyl (C=O) groups is 2. The van der Waals surface area contributed by atoms with Crippen molar-refractivity contribution in [3.63, 3.8) is 0 Å². The lowest BCUT2D eigenvalue weighted by atomic mass is 10.1. The molecule has 0 saturated heterocycles. The first-order valence-electron chi connectivity index (χ1n) is 7.70. The number of amides is 1. The van der Waals surface area contributed by atoms with Crippen molar-refractivity contribution in [2.75, 3.05) is 0 Å². The van der Waals surface area contributed by atoms with E-state index in [-0.39, 0.29) is 24.4 Å². The first kappa shape index (κ1) is 16.8. The van der Waals surface area contributed by atoms with Crippen LogP contribution < -0.4 is 5.32 Å². The van der Waals surface area contributed by atoms with E-state index in [1.165, 1.54) is 0 Å². The Morgan fingerprint density at radius 3 is 2.82 bits per heavy atom. The standard InChI is InChI=1S/C17H22ClNO3/c1-11-5-3-8-15(11)22-17(21)12(2)19-16(20)10-13-6-4-7-14(18)9-13/h4,6-7,9,11-12,15H,3,5,8,10H2,1-2H3,(H,19,20)/t11?,12-,15?/m0/s1. The summed E-state index contributed by atoms with van der Waals surface area (Å²) in [6.45, 7) is 3.74. The maximum absolute atomic E-state index is 12.0. The van der Waals surface area contributed by atoms with Crippen LogP contribution in [0.3, 0.4) is 0 Å². The van der Waals surface area contributed by atoms with Crippen molar-refractivity contribution in [1.29, 1.82) is 0 Å². The van der Waals surface area contributed by atoms with Gasteiger partial charge in [0.05, 0.1) is 6.42 Å². The maximum Gasteiger partial charge on any atom is 0.328 e. The van der Waals surface area contributed by atoms with Crippen molar-refractivity contribution in [2.24, 2.45) is 5.92 Å². The van der Waals surface area contributed by atoms with Crippen LogP contribution in [0.15, 0.2) is 24.3 Å². The fraction of sp³-hybridized carbons (Fsp3) is 0.529. The third kappa shape index (κ3) is 4.73. The Bertz CT molecular complexity index is 546. The van der Waals surface area contributed by atoms with Gasteiger partial charge in [-0.2, -0.15) is 0 Å². The van der Waals surface area contributed by atoms with E-state index in [1.54, 1.807) is 25.1 Å². The van der Waals surface area contributed by atoms with Crippen LogP contribution in [-0.4, -0.2) is 24.0 Å². The van der Waals surface area contributed by atoms with Gasteiger partial charge in [-0.15, -0.1) is 0 Å². The molecule has 0 aliphatic heterocycles. The van der Waals surface area contributed by atoms with Gasteiger partial charge in [0.1, 0.15) is 12.1 Å². The van der Waals surface area contributed by atoms with E-state index in [9.17, 15) is 9.59 Å². The van der Waals surface area contributed by atoms with Crippen LogP contribution in [0.5, 0.6) is 0 Å². The predicted molar refractivity (Wildman–Crippen MR) is 85.7 cm³/mol. The molecule has 120 valence electrons. The fourth-order valence-corrected chi connectivity index (χ4v) is 2.93. The Morgan fingerprint density at radius 1 is 1.41 bits per heavy atom. The molecule has 1 saturated carbocycles. The van der Waals surface area contributed by atoms with Gasteiger partial charge in [-0.05, 0) is 49.8 Å². The minimum atomic E-state index is -0.639. The minimum absolute atomic E-state index is 0.0141. The van der Waals surface area contributed by atoms with Gasteiger partial charge >= 0.3 is 5.97 Å². The Morgan fingerprint density at radius 2 is 2.18 bits per heavy atom. The number of rotatable bonds is 5. The summed E-state index contributed by atoms with van der Waals surface area (Å²) in [6, 6.07) is 6.48. The highest BCUT2D eigenvalue weighted by Gasteiger charge is 2.28. The molecule has 1 aliphatic carbocycles. The molecule has 1 aliphatic rings. The molecule has 2 unspecified atom stereocenters. The first-order chi connectivity index (χ1) is 10.5. The topological polar surface area (TPSA) is 55.4 Å². The number of ether oxygens (including phenoxy) is 1. The smallest absolute Gasteiger partial charge is 0.328 e. The maximum atomic E-state index is 12.0. The monoisotopic (exact) mass is 323 g/mol. The molecule has 3 atom stereocenters. The van der Waals surface area contributed by atoms with Crippen LogP contribution in [0, 0.1) is 5.92 Å². The van der Waals surface area contributed by atoms with E-state index >= 15 is 0 Å². The van der Waals surface area contributed by atoms with Crippen molar-refractivity contribution in [2.45, 2.75) is 51.7 Å². The number of nitrogens with one attached hydrogen (secondary N) is 1. The summed E-state index contributed by atoms with van der Waals surface area (Å²) < 4.78 is 5.48. The van der Waals surface area contributed by atoms with Gasteiger partial charge in [0.2, 0.25) is 5.91 Å². The highest BCUT2D eigenvalue weighted by atomic mass is 35.5. The number of halogens is 1. The molecule has 1 N–H and O–H groups in total. The molecular formula is C17H22ClNO3. The van der Waals surface area contributed by atoms with Gasteiger partial charge in [-0.1, -0.05) is 30.7 Å². The second-order valence-corrected chi connectivity index (χ2v) is 6.42. The lowest BCUT2D eigenvalue weighted by Crippen LogP contribution is -2.41. The average molecular weight is 324 g/mol. The Labute approximate surface area is 136 Å². The molecule has 5 heteroatoms. The Kier molecular flexibility index (Phi) is 5.83. The molecule has 0 radical (unpaired) electrons. The highest BCUT2D eigenvalue weighted by Crippen LogP contribution is 2.27. The second-order valence-electron chi connectivity index (χ2n) is 5.98. The van der Waals surface area contributed by atoms with Crippen molar-refractivity contribution < 1.29 is 14.3 Å². The van der Waals surface area contributed by atoms with E-state index in [2.05, 4.69) is 12.2 Å². The Balaban J connectivity index is 1.81. The fourth-order valence-electron chi connectivity index (χ4n) is 2.72. The van der Waals surface area contributed by atoms with Crippen molar-refractivity contribution in [1.82, 2.24) is 5.32 Å². The lowest BCUT2D eigenvalue weighted by Gasteiger charge is -2.20. The van der Waals surface area contributed by atoms with Crippen molar-refractivity contribution >= 4 is 23.5 Å². The molecule has 0 spiro atoms. The lowest BCUT2D eigenvalue weighted by molar-refractivity contribution is -0.153. The van der Waals surface area contributed by atoms with Gasteiger partial charge in [-0.25, -0.2) is 4.79 Å². The molecule has 4 nitrogen and oxygen atoms in total. The predicted octanol–water partition coefficient (Wildman–Crippen LogP) is 3.12. The van der Waals surface area contributed by atoms with Crippen LogP contribution in [0.2, 0.25) is 5.02 Å². The van der Waals surface area contributed by atoms with Crippen LogP contribution in [0.4, 0.5) is 0 Å². The molecule has 2 rings (SSSR count). The number of carbonyl (C=O) groups excluding carboxylic acids is 2. The van der Waals surface area contributed by atoms with Crippen LogP contribution in [0.25, 0.3) is 0 Å². The van der Waals surface area contributed by atoms with Crippen molar-refractivity contribution in [3.05, 3.63) is 34.9 Å². The molecule has 0 heterocycles. The van der Waals surface area contributed by atoms with E-state index in [0.29, 0.717) is 10.9 Å². The van der Waals surface area contributed by atoms with Crippen LogP contribution in [0.1, 0.15) is 38.7 Å². The summed E-state index contributed by atoms with van der Waals surface area (Å²) in [5, 5.41) is 3.27. The number of hydrogen-bond acceptors (Lipinski definition) is 3. The van der Waals surface area contributed by atoms with Gasteiger partial charge in [-0.3, -0.25) is 4.79 Å². The van der Waals surface area contributed by atoms with Gasteiger partial charge in [0.25, 0.3) is 0 Å². The molecule has 1 fully saturated rings. The zero-order valence-corrected chi connectivity index (χ0v) is 13.7. The third-order valence-electron chi connectivity index (χ3n) is 4.04. The molecule has 1 aromatic rings. The first-order valence-corrected chi connectivity index (χ1v) is 8.08. The van der Waals surface area contributed by atoms with Gasteiger partial charge in [0, 0.05) is 5.02 Å². The van der Waals surface area contributed by atoms with Crippen LogP contribution in [-0.2, 0) is 20.7 Å². The number of hydrogen-bond donors (Lipinski definition) is 1. The SMILES string of the molecule is CC1CCCC1OC(=O)[C@H](C)NC(=O)Cc1cccc(Cl)c1. The summed E-state index contributed by atoms with van der Waals surface area (Å²) in [6.07, 6.45) is 3.27. The summed E-state index contributed by atoms with van der Waals surface area (Å²) in [4.78, 5) is 24.0. The summed E-state index contributed by atoms with van der Waals surface area (Å²) in [5.74, 6) is -0.178. The summed E-state index contributed by atoms with van der Waals surface area (Å²) in [5.41, 5.74) is 0.815. The van der Waals surface area contributed by atoms with Crippen LogP contribution >= 0.6 is 11.6 Å².